The third-order valence-corrected chi connectivity index (χ3v) is 7.17. The number of ether oxygens (including phenoxy) is 1. The lowest BCUT2D eigenvalue weighted by molar-refractivity contribution is 0.0789. The molecule has 2 aromatic carbocycles. The summed E-state index contributed by atoms with van der Waals surface area (Å²) in [5.41, 5.74) is 5.51. The van der Waals surface area contributed by atoms with E-state index in [2.05, 4.69) is 68.4 Å². The molecule has 1 amide bonds. The maximum atomic E-state index is 12.0. The van der Waals surface area contributed by atoms with Crippen LogP contribution in [-0.2, 0) is 11.3 Å². The minimum atomic E-state index is -0.205. The number of rotatable bonds is 5. The number of benzene rings is 2. The summed E-state index contributed by atoms with van der Waals surface area (Å²) in [6.07, 6.45) is -0.205. The van der Waals surface area contributed by atoms with E-state index in [0.29, 0.717) is 19.7 Å². The van der Waals surface area contributed by atoms with E-state index < -0.39 is 0 Å². The Balaban J connectivity index is 1.42. The summed E-state index contributed by atoms with van der Waals surface area (Å²) in [6, 6.07) is 16.9. The van der Waals surface area contributed by atoms with Crippen LogP contribution in [0.3, 0.4) is 0 Å². The summed E-state index contributed by atoms with van der Waals surface area (Å²) in [7, 11) is 0. The fraction of sp³-hybridized carbons (Fsp3) is 0.400. The Hall–Kier alpha value is -3.04. The average Bonchev–Trinajstić information content (AvgIpc) is 3.40. The topological polar surface area (TPSA) is 74.5 Å². The van der Waals surface area contributed by atoms with Gasteiger partial charge in [-0.1, -0.05) is 48.2 Å². The molecule has 0 aliphatic carbocycles. The molecule has 1 N–H and O–H groups in total. The molecule has 34 heavy (non-hydrogen) atoms. The monoisotopic (exact) mass is 478 g/mol. The third-order valence-electron chi connectivity index (χ3n) is 6.29. The van der Waals surface area contributed by atoms with Crippen molar-refractivity contribution >= 4 is 44.8 Å². The zero-order chi connectivity index (χ0) is 23.3. The number of nitrogens with one attached hydrogen (secondary N) is 1. The molecule has 0 radical (unpaired) electrons. The molecule has 2 aliphatic heterocycles. The molecule has 0 unspecified atom stereocenters. The largest absolute Gasteiger partial charge is 0.450 e. The molecule has 1 aromatic heterocycles. The van der Waals surface area contributed by atoms with Crippen LogP contribution in [0.1, 0.15) is 6.92 Å². The van der Waals surface area contributed by atoms with Crippen molar-refractivity contribution in [2.24, 2.45) is 10.1 Å². The van der Waals surface area contributed by atoms with E-state index in [1.807, 2.05) is 6.92 Å². The number of hydrogen-bond donors (Lipinski definition) is 1. The highest BCUT2D eigenvalue weighted by atomic mass is 32.2. The van der Waals surface area contributed by atoms with Gasteiger partial charge in [0, 0.05) is 55.8 Å². The third kappa shape index (κ3) is 4.76. The molecule has 8 nitrogen and oxygen atoms in total. The van der Waals surface area contributed by atoms with Crippen molar-refractivity contribution < 1.29 is 9.53 Å². The lowest BCUT2D eigenvalue weighted by Gasteiger charge is -2.34. The van der Waals surface area contributed by atoms with Gasteiger partial charge < -0.3 is 14.2 Å². The van der Waals surface area contributed by atoms with E-state index >= 15 is 0 Å². The van der Waals surface area contributed by atoms with E-state index in [1.165, 1.54) is 0 Å². The van der Waals surface area contributed by atoms with Gasteiger partial charge in [0.2, 0.25) is 0 Å². The second-order valence-electron chi connectivity index (χ2n) is 8.32. The first kappa shape index (κ1) is 22.7. The Morgan fingerprint density at radius 1 is 1.03 bits per heavy atom. The number of fused-ring (bicyclic) bond motifs is 2. The number of carbonyl (C=O) groups is 1. The highest BCUT2D eigenvalue weighted by Gasteiger charge is 2.22. The summed E-state index contributed by atoms with van der Waals surface area (Å²) < 4.78 is 7.54. The molecule has 3 heterocycles. The molecule has 1 fully saturated rings. The fourth-order valence-electron chi connectivity index (χ4n) is 4.57. The SMILES string of the molecule is CCOC(=O)N1CCN(CCn2c3ccccc3c(=NNC3=NCCS3)c3ccccc32)CC1. The van der Waals surface area contributed by atoms with Crippen molar-refractivity contribution in [3.63, 3.8) is 0 Å². The van der Waals surface area contributed by atoms with Crippen LogP contribution in [0.4, 0.5) is 4.79 Å². The molecule has 178 valence electrons. The molecule has 0 atom stereocenters. The zero-order valence-corrected chi connectivity index (χ0v) is 20.3. The molecule has 1 saturated heterocycles. The first-order chi connectivity index (χ1) is 16.7. The lowest BCUT2D eigenvalue weighted by atomic mass is 10.1. The predicted molar refractivity (Wildman–Crippen MR) is 138 cm³/mol. The molecule has 2 aliphatic rings. The van der Waals surface area contributed by atoms with E-state index in [1.54, 1.807) is 16.7 Å². The van der Waals surface area contributed by atoms with Gasteiger partial charge in [0.15, 0.2) is 5.17 Å². The van der Waals surface area contributed by atoms with Gasteiger partial charge in [-0.2, -0.15) is 5.10 Å². The van der Waals surface area contributed by atoms with Crippen molar-refractivity contribution in [2.75, 3.05) is 51.6 Å². The van der Waals surface area contributed by atoms with Crippen molar-refractivity contribution in [1.82, 2.24) is 19.8 Å². The van der Waals surface area contributed by atoms with Crippen molar-refractivity contribution in [3.05, 3.63) is 53.9 Å². The Bertz CT molecular complexity index is 1220. The Labute approximate surface area is 203 Å². The molecular formula is C25H30N6O2S. The molecule has 3 aromatic rings. The van der Waals surface area contributed by atoms with E-state index in [9.17, 15) is 4.79 Å². The highest BCUT2D eigenvalue weighted by Crippen LogP contribution is 2.20. The first-order valence-corrected chi connectivity index (χ1v) is 12.8. The quantitative estimate of drug-likeness (QED) is 0.451. The van der Waals surface area contributed by atoms with Crippen LogP contribution < -0.4 is 10.8 Å². The van der Waals surface area contributed by atoms with Gasteiger partial charge in [0.1, 0.15) is 5.36 Å². The highest BCUT2D eigenvalue weighted by molar-refractivity contribution is 8.14. The number of aromatic nitrogens is 1. The lowest BCUT2D eigenvalue weighted by Crippen LogP contribution is -2.49. The van der Waals surface area contributed by atoms with Gasteiger partial charge in [-0.25, -0.2) is 4.79 Å². The number of nitrogens with zero attached hydrogens (tertiary/aromatic N) is 5. The van der Waals surface area contributed by atoms with Crippen LogP contribution in [0.25, 0.3) is 21.8 Å². The maximum absolute atomic E-state index is 12.0. The number of piperazine rings is 1. The van der Waals surface area contributed by atoms with Gasteiger partial charge in [0.25, 0.3) is 0 Å². The van der Waals surface area contributed by atoms with Crippen LogP contribution in [-0.4, -0.2) is 77.3 Å². The van der Waals surface area contributed by atoms with Gasteiger partial charge in [-0.15, -0.1) is 0 Å². The zero-order valence-electron chi connectivity index (χ0n) is 19.4. The first-order valence-electron chi connectivity index (χ1n) is 11.9. The number of amides is 1. The number of aliphatic imine (C=N–C) groups is 1. The number of hydrogen-bond acceptors (Lipinski definition) is 7. The standard InChI is InChI=1S/C25H30N6O2S/c1-2-33-25(32)30-15-12-29(13-16-30)14-17-31-21-9-5-3-7-19(21)23(20-8-4-6-10-22(20)31)27-28-24-26-11-18-34-24/h3-10H,2,11-18H2,1H3,(H,26,28). The number of thioether (sulfide) groups is 1. The predicted octanol–water partition coefficient (Wildman–Crippen LogP) is 3.08. The number of pyridine rings is 1. The number of carbonyl (C=O) groups excluding carboxylic acids is 1. The maximum Gasteiger partial charge on any atom is 0.409 e. The van der Waals surface area contributed by atoms with Gasteiger partial charge in [0.05, 0.1) is 24.2 Å². The van der Waals surface area contributed by atoms with Crippen molar-refractivity contribution in [1.29, 1.82) is 0 Å². The molecule has 0 bridgehead atoms. The number of para-hydroxylation sites is 2. The van der Waals surface area contributed by atoms with E-state index in [-0.39, 0.29) is 6.09 Å². The second kappa shape index (κ2) is 10.5. The Kier molecular flexibility index (Phi) is 7.01. The summed E-state index contributed by atoms with van der Waals surface area (Å²) in [5.74, 6) is 1.00. The van der Waals surface area contributed by atoms with Gasteiger partial charge in [-0.3, -0.25) is 15.3 Å². The molecule has 5 rings (SSSR count). The minimum Gasteiger partial charge on any atom is -0.450 e. The smallest absolute Gasteiger partial charge is 0.409 e. The normalized spacial score (nSPS) is 16.6. The van der Waals surface area contributed by atoms with Crippen LogP contribution in [0.5, 0.6) is 0 Å². The van der Waals surface area contributed by atoms with Crippen molar-refractivity contribution in [2.45, 2.75) is 13.5 Å². The van der Waals surface area contributed by atoms with E-state index in [4.69, 9.17) is 9.84 Å². The summed E-state index contributed by atoms with van der Waals surface area (Å²) in [5, 5.41) is 8.86. The average molecular weight is 479 g/mol. The summed E-state index contributed by atoms with van der Waals surface area (Å²) in [6.45, 7) is 7.99. The summed E-state index contributed by atoms with van der Waals surface area (Å²) in [4.78, 5) is 20.7. The number of amidine groups is 1. The second-order valence-corrected chi connectivity index (χ2v) is 9.40. The molecule has 0 spiro atoms. The minimum absolute atomic E-state index is 0.205. The van der Waals surface area contributed by atoms with E-state index in [0.717, 1.165) is 70.8 Å². The Morgan fingerprint density at radius 3 is 2.32 bits per heavy atom. The van der Waals surface area contributed by atoms with Crippen LogP contribution >= 0.6 is 11.8 Å². The van der Waals surface area contributed by atoms with Crippen LogP contribution in [0.2, 0.25) is 0 Å². The van der Waals surface area contributed by atoms with Crippen molar-refractivity contribution in [3.8, 4) is 0 Å². The Morgan fingerprint density at radius 2 is 1.71 bits per heavy atom. The van der Waals surface area contributed by atoms with Gasteiger partial charge in [-0.05, 0) is 19.1 Å². The van der Waals surface area contributed by atoms with Gasteiger partial charge >= 0.3 is 6.09 Å². The fourth-order valence-corrected chi connectivity index (χ4v) is 5.24. The summed E-state index contributed by atoms with van der Waals surface area (Å²) >= 11 is 1.71. The molecular weight excluding hydrogens is 448 g/mol. The van der Waals surface area contributed by atoms with Crippen LogP contribution in [0.15, 0.2) is 58.6 Å². The van der Waals surface area contributed by atoms with Crippen LogP contribution in [0, 0.1) is 0 Å². The molecule has 9 heteroatoms. The molecule has 0 saturated carbocycles.